The Labute approximate surface area is 122 Å². The topological polar surface area (TPSA) is 66.8 Å². The zero-order valence-electron chi connectivity index (χ0n) is 11.6. The molecule has 0 spiro atoms. The van der Waals surface area contributed by atoms with Crippen LogP contribution in [0.25, 0.3) is 6.08 Å². The minimum atomic E-state index is -0.927. The molecule has 5 nitrogen and oxygen atoms in total. The highest BCUT2D eigenvalue weighted by atomic mass is 16.5. The van der Waals surface area contributed by atoms with E-state index in [1.165, 1.54) is 11.0 Å². The molecule has 0 aliphatic carbocycles. The molecule has 5 heteroatoms. The molecular weight excluding hydrogens is 270 g/mol. The van der Waals surface area contributed by atoms with Gasteiger partial charge in [-0.1, -0.05) is 6.07 Å². The second-order valence-electron chi connectivity index (χ2n) is 5.33. The molecule has 2 aliphatic rings. The smallest absolute Gasteiger partial charge is 0.326 e. The third-order valence-electron chi connectivity index (χ3n) is 3.95. The first-order valence-electron chi connectivity index (χ1n) is 7.12. The highest BCUT2D eigenvalue weighted by Crippen LogP contribution is 2.26. The summed E-state index contributed by atoms with van der Waals surface area (Å²) in [6, 6.07) is 5.12. The maximum atomic E-state index is 12.1. The van der Waals surface area contributed by atoms with Crippen molar-refractivity contribution in [1.29, 1.82) is 0 Å². The number of benzene rings is 1. The van der Waals surface area contributed by atoms with Crippen molar-refractivity contribution in [1.82, 2.24) is 4.90 Å². The van der Waals surface area contributed by atoms with Crippen LogP contribution in [0.15, 0.2) is 24.3 Å². The largest absolute Gasteiger partial charge is 0.493 e. The number of carbonyl (C=O) groups is 2. The van der Waals surface area contributed by atoms with Crippen LogP contribution in [0.2, 0.25) is 0 Å². The Morgan fingerprint density at radius 2 is 2.24 bits per heavy atom. The van der Waals surface area contributed by atoms with Gasteiger partial charge < -0.3 is 14.7 Å². The standard InChI is InChI=1S/C16H17NO4/c18-15(17-8-1-2-13(17)16(19)20)6-4-11-3-5-14-12(10-11)7-9-21-14/h3-6,10,13H,1-2,7-9H2,(H,19,20)/b6-4+. The monoisotopic (exact) mass is 287 g/mol. The fourth-order valence-corrected chi connectivity index (χ4v) is 2.86. The summed E-state index contributed by atoms with van der Waals surface area (Å²) in [5.74, 6) is -0.260. The first-order chi connectivity index (χ1) is 10.1. The van der Waals surface area contributed by atoms with Crippen molar-refractivity contribution in [3.05, 3.63) is 35.4 Å². The van der Waals surface area contributed by atoms with E-state index in [-0.39, 0.29) is 5.91 Å². The van der Waals surface area contributed by atoms with Gasteiger partial charge >= 0.3 is 5.97 Å². The number of aliphatic carboxylic acids is 1. The molecular formula is C16H17NO4. The van der Waals surface area contributed by atoms with Crippen molar-refractivity contribution < 1.29 is 19.4 Å². The highest BCUT2D eigenvalue weighted by Gasteiger charge is 2.32. The lowest BCUT2D eigenvalue weighted by Gasteiger charge is -2.19. The predicted octanol–water partition coefficient (Wildman–Crippen LogP) is 1.71. The van der Waals surface area contributed by atoms with Gasteiger partial charge in [0.25, 0.3) is 0 Å². The normalized spacial score (nSPS) is 20.6. The van der Waals surface area contributed by atoms with Crippen LogP contribution in [0, 0.1) is 0 Å². The average molecular weight is 287 g/mol. The number of likely N-dealkylation sites (tertiary alicyclic amines) is 1. The molecule has 1 aromatic rings. The number of ether oxygens (including phenoxy) is 1. The zero-order valence-corrected chi connectivity index (χ0v) is 11.6. The maximum Gasteiger partial charge on any atom is 0.326 e. The molecule has 110 valence electrons. The lowest BCUT2D eigenvalue weighted by molar-refractivity contribution is -0.146. The van der Waals surface area contributed by atoms with E-state index in [2.05, 4.69) is 0 Å². The minimum absolute atomic E-state index is 0.239. The summed E-state index contributed by atoms with van der Waals surface area (Å²) in [7, 11) is 0. The van der Waals surface area contributed by atoms with Crippen molar-refractivity contribution in [2.24, 2.45) is 0 Å². The van der Waals surface area contributed by atoms with Crippen molar-refractivity contribution >= 4 is 18.0 Å². The van der Waals surface area contributed by atoms with E-state index >= 15 is 0 Å². The van der Waals surface area contributed by atoms with Gasteiger partial charge in [-0.15, -0.1) is 0 Å². The molecule has 1 atom stereocenters. The third-order valence-corrected chi connectivity index (χ3v) is 3.95. The first kappa shape index (κ1) is 13.7. The van der Waals surface area contributed by atoms with E-state index in [1.807, 2.05) is 18.2 Å². The Kier molecular flexibility index (Phi) is 3.64. The lowest BCUT2D eigenvalue weighted by Crippen LogP contribution is -2.39. The van der Waals surface area contributed by atoms with Crippen LogP contribution in [-0.4, -0.2) is 41.1 Å². The third kappa shape index (κ3) is 2.77. The molecule has 1 aromatic carbocycles. The molecule has 0 radical (unpaired) electrons. The molecule has 1 saturated heterocycles. The number of fused-ring (bicyclic) bond motifs is 1. The Morgan fingerprint density at radius 3 is 3.05 bits per heavy atom. The van der Waals surface area contributed by atoms with Crippen molar-refractivity contribution in [2.75, 3.05) is 13.2 Å². The van der Waals surface area contributed by atoms with E-state index in [1.54, 1.807) is 6.08 Å². The second kappa shape index (κ2) is 5.60. The maximum absolute atomic E-state index is 12.1. The number of hydrogen-bond acceptors (Lipinski definition) is 3. The Hall–Kier alpha value is -2.30. The van der Waals surface area contributed by atoms with E-state index in [0.717, 1.165) is 29.7 Å². The minimum Gasteiger partial charge on any atom is -0.493 e. The summed E-state index contributed by atoms with van der Waals surface area (Å²) < 4.78 is 5.44. The molecule has 1 unspecified atom stereocenters. The number of carbonyl (C=O) groups excluding carboxylic acids is 1. The number of rotatable bonds is 3. The quantitative estimate of drug-likeness (QED) is 0.859. The summed E-state index contributed by atoms with van der Waals surface area (Å²) in [5, 5.41) is 9.09. The molecule has 0 bridgehead atoms. The molecule has 1 N–H and O–H groups in total. The highest BCUT2D eigenvalue weighted by molar-refractivity contribution is 5.94. The summed E-state index contributed by atoms with van der Waals surface area (Å²) in [6.45, 7) is 1.22. The molecule has 21 heavy (non-hydrogen) atoms. The number of nitrogens with zero attached hydrogens (tertiary/aromatic N) is 1. The van der Waals surface area contributed by atoms with Gasteiger partial charge in [0.2, 0.25) is 5.91 Å². The van der Waals surface area contributed by atoms with E-state index in [4.69, 9.17) is 9.84 Å². The van der Waals surface area contributed by atoms with Gasteiger partial charge in [-0.2, -0.15) is 0 Å². The van der Waals surface area contributed by atoms with Crippen LogP contribution in [0.5, 0.6) is 5.75 Å². The second-order valence-corrected chi connectivity index (χ2v) is 5.33. The molecule has 3 rings (SSSR count). The fraction of sp³-hybridized carbons (Fsp3) is 0.375. The van der Waals surface area contributed by atoms with E-state index < -0.39 is 12.0 Å². The van der Waals surface area contributed by atoms with E-state index in [9.17, 15) is 9.59 Å². The molecule has 2 aliphatic heterocycles. The number of carboxylic acid groups (broad SMARTS) is 1. The average Bonchev–Trinajstić information content (AvgIpc) is 3.12. The number of hydrogen-bond donors (Lipinski definition) is 1. The molecule has 2 heterocycles. The van der Waals surface area contributed by atoms with Gasteiger partial charge in [-0.3, -0.25) is 4.79 Å². The zero-order chi connectivity index (χ0) is 14.8. The molecule has 1 fully saturated rings. The van der Waals surface area contributed by atoms with Crippen LogP contribution in [0.1, 0.15) is 24.0 Å². The SMILES string of the molecule is O=C(O)C1CCCN1C(=O)/C=C/c1ccc2c(c1)CCO2. The van der Waals surface area contributed by atoms with Crippen LogP contribution in [-0.2, 0) is 16.0 Å². The van der Waals surface area contributed by atoms with Crippen molar-refractivity contribution in [2.45, 2.75) is 25.3 Å². The number of amides is 1. The van der Waals surface area contributed by atoms with Gasteiger partial charge in [0.15, 0.2) is 0 Å². The Balaban J connectivity index is 1.71. The van der Waals surface area contributed by atoms with Gasteiger partial charge in [0.1, 0.15) is 11.8 Å². The molecule has 1 amide bonds. The van der Waals surface area contributed by atoms with Crippen LogP contribution >= 0.6 is 0 Å². The summed E-state index contributed by atoms with van der Waals surface area (Å²) in [6.07, 6.45) is 5.35. The number of carboxylic acids is 1. The van der Waals surface area contributed by atoms with Gasteiger partial charge in [0, 0.05) is 19.0 Å². The fourth-order valence-electron chi connectivity index (χ4n) is 2.86. The van der Waals surface area contributed by atoms with Gasteiger partial charge in [-0.25, -0.2) is 4.79 Å². The van der Waals surface area contributed by atoms with E-state index in [0.29, 0.717) is 19.6 Å². The molecule has 0 saturated carbocycles. The lowest BCUT2D eigenvalue weighted by atomic mass is 10.1. The van der Waals surface area contributed by atoms with Gasteiger partial charge in [0.05, 0.1) is 6.61 Å². The predicted molar refractivity (Wildman–Crippen MR) is 77.0 cm³/mol. The molecule has 0 aromatic heterocycles. The van der Waals surface area contributed by atoms with Gasteiger partial charge in [-0.05, 0) is 42.2 Å². The van der Waals surface area contributed by atoms with Crippen molar-refractivity contribution in [3.63, 3.8) is 0 Å². The summed E-state index contributed by atoms with van der Waals surface area (Å²) in [5.41, 5.74) is 2.08. The van der Waals surface area contributed by atoms with Crippen LogP contribution < -0.4 is 4.74 Å². The summed E-state index contributed by atoms with van der Waals surface area (Å²) in [4.78, 5) is 24.6. The van der Waals surface area contributed by atoms with Crippen molar-refractivity contribution in [3.8, 4) is 5.75 Å². The van der Waals surface area contributed by atoms with Crippen LogP contribution in [0.4, 0.5) is 0 Å². The summed E-state index contributed by atoms with van der Waals surface area (Å²) >= 11 is 0. The van der Waals surface area contributed by atoms with Crippen LogP contribution in [0.3, 0.4) is 0 Å². The Morgan fingerprint density at radius 1 is 1.38 bits per heavy atom. The Bertz CT molecular complexity index is 608. The first-order valence-corrected chi connectivity index (χ1v) is 7.12.